The highest BCUT2D eigenvalue weighted by molar-refractivity contribution is 5.81. The fourth-order valence-corrected chi connectivity index (χ4v) is 2.77. The van der Waals surface area contributed by atoms with Gasteiger partial charge in [-0.25, -0.2) is 4.39 Å². The van der Waals surface area contributed by atoms with Crippen LogP contribution in [-0.4, -0.2) is 37.5 Å². The fraction of sp³-hybridized carbons (Fsp3) is 0.579. The predicted octanol–water partition coefficient (Wildman–Crippen LogP) is 2.33. The number of nitrogens with one attached hydrogen (secondary N) is 3. The molecule has 1 aliphatic carbocycles. The van der Waals surface area contributed by atoms with Crippen LogP contribution in [0.25, 0.3) is 0 Å². The van der Waals surface area contributed by atoms with E-state index in [4.69, 9.17) is 0 Å². The van der Waals surface area contributed by atoms with Crippen LogP contribution in [0.2, 0.25) is 0 Å². The largest absolute Gasteiger partial charge is 0.357 e. The van der Waals surface area contributed by atoms with E-state index in [0.717, 1.165) is 24.9 Å². The third-order valence-electron chi connectivity index (χ3n) is 4.27. The highest BCUT2D eigenvalue weighted by Crippen LogP contribution is 2.48. The van der Waals surface area contributed by atoms with E-state index in [1.807, 2.05) is 26.8 Å². The molecule has 5 nitrogen and oxygen atoms in total. The van der Waals surface area contributed by atoms with E-state index in [-0.39, 0.29) is 23.2 Å². The third kappa shape index (κ3) is 6.03. The van der Waals surface area contributed by atoms with E-state index in [1.165, 1.54) is 6.07 Å². The number of guanidine groups is 1. The van der Waals surface area contributed by atoms with Gasteiger partial charge in [0.15, 0.2) is 5.96 Å². The van der Waals surface area contributed by atoms with Crippen LogP contribution in [0.15, 0.2) is 29.3 Å². The smallest absolute Gasteiger partial charge is 0.221 e. The van der Waals surface area contributed by atoms with Gasteiger partial charge in [0.05, 0.1) is 6.54 Å². The zero-order valence-corrected chi connectivity index (χ0v) is 15.4. The Morgan fingerprint density at radius 3 is 2.68 bits per heavy atom. The Labute approximate surface area is 149 Å². The van der Waals surface area contributed by atoms with Crippen molar-refractivity contribution in [2.24, 2.45) is 4.99 Å². The van der Waals surface area contributed by atoms with E-state index in [0.29, 0.717) is 25.5 Å². The predicted molar refractivity (Wildman–Crippen MR) is 99.2 cm³/mol. The summed E-state index contributed by atoms with van der Waals surface area (Å²) in [6.45, 7) is 7.77. The molecule has 0 radical (unpaired) electrons. The normalized spacial score (nSPS) is 15.8. The number of carbonyl (C=O) groups is 1. The molecule has 1 fully saturated rings. The quantitative estimate of drug-likeness (QED) is 0.499. The van der Waals surface area contributed by atoms with Crippen molar-refractivity contribution in [2.75, 3.05) is 19.6 Å². The van der Waals surface area contributed by atoms with Gasteiger partial charge in [0.25, 0.3) is 0 Å². The van der Waals surface area contributed by atoms with Crippen LogP contribution >= 0.6 is 0 Å². The lowest BCUT2D eigenvalue weighted by Crippen LogP contribution is -2.40. The zero-order chi connectivity index (χ0) is 18.3. The molecule has 138 valence electrons. The second-order valence-corrected chi connectivity index (χ2v) is 6.88. The Hall–Kier alpha value is -2.11. The number of carbonyl (C=O) groups excluding carboxylic acids is 1. The molecule has 0 aliphatic heterocycles. The average Bonchev–Trinajstić information content (AvgIpc) is 3.33. The molecule has 1 aromatic rings. The number of hydrogen-bond donors (Lipinski definition) is 3. The molecule has 6 heteroatoms. The minimum atomic E-state index is -0.200. The van der Waals surface area contributed by atoms with Gasteiger partial charge in [0, 0.05) is 31.0 Å². The van der Waals surface area contributed by atoms with Crippen LogP contribution in [-0.2, 0) is 10.2 Å². The number of aliphatic imine (C=N–C) groups is 1. The van der Waals surface area contributed by atoms with Gasteiger partial charge in [0.2, 0.25) is 5.91 Å². The number of hydrogen-bond acceptors (Lipinski definition) is 2. The second kappa shape index (κ2) is 8.83. The van der Waals surface area contributed by atoms with Crippen LogP contribution in [0.5, 0.6) is 0 Å². The maximum absolute atomic E-state index is 13.5. The van der Waals surface area contributed by atoms with Gasteiger partial charge < -0.3 is 16.0 Å². The Morgan fingerprint density at radius 2 is 2.08 bits per heavy atom. The van der Waals surface area contributed by atoms with Gasteiger partial charge in [-0.15, -0.1) is 0 Å². The number of benzene rings is 1. The number of halogens is 1. The van der Waals surface area contributed by atoms with E-state index in [9.17, 15) is 9.18 Å². The summed E-state index contributed by atoms with van der Waals surface area (Å²) in [6.07, 6.45) is 2.45. The van der Waals surface area contributed by atoms with E-state index in [2.05, 4.69) is 20.9 Å². The first-order chi connectivity index (χ1) is 11.9. The lowest BCUT2D eigenvalue weighted by molar-refractivity contribution is -0.121. The van der Waals surface area contributed by atoms with Gasteiger partial charge in [-0.1, -0.05) is 12.1 Å². The van der Waals surface area contributed by atoms with Crippen molar-refractivity contribution < 1.29 is 9.18 Å². The summed E-state index contributed by atoms with van der Waals surface area (Å²) >= 11 is 0. The molecule has 1 aromatic carbocycles. The molecule has 0 aromatic heterocycles. The van der Waals surface area contributed by atoms with Crippen molar-refractivity contribution in [1.82, 2.24) is 16.0 Å². The molecule has 0 spiro atoms. The molecule has 1 amide bonds. The molecule has 0 unspecified atom stereocenters. The maximum atomic E-state index is 13.5. The molecule has 1 aliphatic rings. The summed E-state index contributed by atoms with van der Waals surface area (Å²) in [6, 6.07) is 6.96. The van der Waals surface area contributed by atoms with Crippen LogP contribution in [0.4, 0.5) is 4.39 Å². The molecule has 3 N–H and O–H groups in total. The van der Waals surface area contributed by atoms with Gasteiger partial charge in [-0.3, -0.25) is 9.79 Å². The lowest BCUT2D eigenvalue weighted by atomic mass is 9.96. The monoisotopic (exact) mass is 348 g/mol. The van der Waals surface area contributed by atoms with Crippen LogP contribution in [0.3, 0.4) is 0 Å². The molecule has 0 heterocycles. The first kappa shape index (κ1) is 19.2. The van der Waals surface area contributed by atoms with Gasteiger partial charge >= 0.3 is 0 Å². The fourth-order valence-electron chi connectivity index (χ4n) is 2.77. The summed E-state index contributed by atoms with van der Waals surface area (Å²) in [4.78, 5) is 16.3. The van der Waals surface area contributed by atoms with Crippen LogP contribution < -0.4 is 16.0 Å². The van der Waals surface area contributed by atoms with Crippen molar-refractivity contribution in [1.29, 1.82) is 0 Å². The molecule has 0 atom stereocenters. The Kier molecular flexibility index (Phi) is 6.79. The van der Waals surface area contributed by atoms with Gasteiger partial charge in [-0.2, -0.15) is 0 Å². The Morgan fingerprint density at radius 1 is 1.32 bits per heavy atom. The number of amides is 1. The molecular formula is C19H29FN4O. The minimum absolute atomic E-state index is 0.0248. The molecule has 0 bridgehead atoms. The zero-order valence-electron chi connectivity index (χ0n) is 15.4. The van der Waals surface area contributed by atoms with E-state index >= 15 is 0 Å². The maximum Gasteiger partial charge on any atom is 0.221 e. The van der Waals surface area contributed by atoms with Crippen molar-refractivity contribution in [3.05, 3.63) is 35.6 Å². The SMILES string of the molecule is CCNC(=NCC1(c2cccc(F)c2)CC1)NCCC(=O)NC(C)C. The molecule has 2 rings (SSSR count). The summed E-state index contributed by atoms with van der Waals surface area (Å²) in [7, 11) is 0. The van der Waals surface area contributed by atoms with E-state index < -0.39 is 0 Å². The van der Waals surface area contributed by atoms with Crippen LogP contribution in [0.1, 0.15) is 45.6 Å². The van der Waals surface area contributed by atoms with Crippen molar-refractivity contribution in [3.8, 4) is 0 Å². The summed E-state index contributed by atoms with van der Waals surface area (Å²) in [5.74, 6) is 0.522. The molecule has 1 saturated carbocycles. The lowest BCUT2D eigenvalue weighted by Gasteiger charge is -2.16. The molecular weight excluding hydrogens is 319 g/mol. The first-order valence-electron chi connectivity index (χ1n) is 9.03. The Bertz CT molecular complexity index is 611. The Balaban J connectivity index is 1.90. The molecule has 0 saturated heterocycles. The van der Waals surface area contributed by atoms with Crippen molar-refractivity contribution in [2.45, 2.75) is 51.5 Å². The molecule has 25 heavy (non-hydrogen) atoms. The number of rotatable bonds is 8. The highest BCUT2D eigenvalue weighted by atomic mass is 19.1. The summed E-state index contributed by atoms with van der Waals surface area (Å²) in [5.41, 5.74) is 0.975. The minimum Gasteiger partial charge on any atom is -0.357 e. The topological polar surface area (TPSA) is 65.5 Å². The number of nitrogens with zero attached hydrogens (tertiary/aromatic N) is 1. The van der Waals surface area contributed by atoms with Crippen molar-refractivity contribution >= 4 is 11.9 Å². The third-order valence-corrected chi connectivity index (χ3v) is 4.27. The average molecular weight is 348 g/mol. The van der Waals surface area contributed by atoms with Crippen molar-refractivity contribution in [3.63, 3.8) is 0 Å². The highest BCUT2D eigenvalue weighted by Gasteiger charge is 2.44. The summed E-state index contributed by atoms with van der Waals surface area (Å²) in [5, 5.41) is 9.25. The van der Waals surface area contributed by atoms with E-state index in [1.54, 1.807) is 12.1 Å². The second-order valence-electron chi connectivity index (χ2n) is 6.88. The summed E-state index contributed by atoms with van der Waals surface area (Å²) < 4.78 is 13.5. The standard InChI is InChI=1S/C19H29FN4O/c1-4-21-18(22-11-8-17(25)24-14(2)3)23-13-19(9-10-19)15-6-5-7-16(20)12-15/h5-7,12,14H,4,8-11,13H2,1-3H3,(H,24,25)(H2,21,22,23). The van der Waals surface area contributed by atoms with Gasteiger partial charge in [0.1, 0.15) is 5.82 Å². The van der Waals surface area contributed by atoms with Crippen LogP contribution in [0, 0.1) is 5.82 Å². The first-order valence-corrected chi connectivity index (χ1v) is 9.03. The van der Waals surface area contributed by atoms with Gasteiger partial charge in [-0.05, 0) is 51.3 Å².